The van der Waals surface area contributed by atoms with Crippen molar-refractivity contribution in [2.45, 2.75) is 59.3 Å². The minimum Gasteiger partial charge on any atom is -0.0651 e. The van der Waals surface area contributed by atoms with E-state index in [1.807, 2.05) is 0 Å². The maximum atomic E-state index is 2.44. The molecule has 0 heterocycles. The molecule has 72 valence electrons. The fourth-order valence-corrected chi connectivity index (χ4v) is 2.25. The maximum absolute atomic E-state index is 2.44. The Balaban J connectivity index is 2.05. The Bertz CT molecular complexity index is 106. The molecular formula is C12H24. The lowest BCUT2D eigenvalue weighted by Crippen LogP contribution is -2.15. The molecule has 0 aromatic carbocycles. The van der Waals surface area contributed by atoms with Crippen LogP contribution in [0.25, 0.3) is 0 Å². The molecule has 1 aliphatic carbocycles. The highest BCUT2D eigenvalue weighted by Crippen LogP contribution is 2.34. The van der Waals surface area contributed by atoms with Gasteiger partial charge in [0.05, 0.1) is 0 Å². The van der Waals surface area contributed by atoms with E-state index in [9.17, 15) is 0 Å². The summed E-state index contributed by atoms with van der Waals surface area (Å²) >= 11 is 0. The first-order valence-electron chi connectivity index (χ1n) is 5.72. The molecule has 0 aromatic rings. The summed E-state index contributed by atoms with van der Waals surface area (Å²) in [6, 6.07) is 0. The van der Waals surface area contributed by atoms with E-state index >= 15 is 0 Å². The summed E-state index contributed by atoms with van der Waals surface area (Å²) in [5.41, 5.74) is 0. The highest BCUT2D eigenvalue weighted by atomic mass is 14.3. The van der Waals surface area contributed by atoms with Crippen molar-refractivity contribution in [3.05, 3.63) is 0 Å². The predicted octanol–water partition coefficient (Wildman–Crippen LogP) is 4.25. The van der Waals surface area contributed by atoms with E-state index in [1.165, 1.54) is 38.5 Å². The van der Waals surface area contributed by atoms with E-state index in [4.69, 9.17) is 0 Å². The zero-order chi connectivity index (χ0) is 8.97. The van der Waals surface area contributed by atoms with Crippen LogP contribution in [0.2, 0.25) is 0 Å². The van der Waals surface area contributed by atoms with Crippen molar-refractivity contribution in [3.8, 4) is 0 Å². The fraction of sp³-hybridized carbons (Fsp3) is 1.00. The van der Waals surface area contributed by atoms with Crippen LogP contribution < -0.4 is 0 Å². The standard InChI is InChI=1S/C12H24/c1-4-10(2)8-11(3)9-12-6-5-7-12/h10-12H,4-9H2,1-3H3. The second kappa shape index (κ2) is 4.89. The van der Waals surface area contributed by atoms with Gasteiger partial charge in [0.15, 0.2) is 0 Å². The van der Waals surface area contributed by atoms with Gasteiger partial charge in [-0.15, -0.1) is 0 Å². The second-order valence-corrected chi connectivity index (χ2v) is 4.89. The molecule has 0 N–H and O–H groups in total. The van der Waals surface area contributed by atoms with Crippen LogP contribution in [-0.4, -0.2) is 0 Å². The summed E-state index contributed by atoms with van der Waals surface area (Å²) in [6.07, 6.45) is 8.85. The lowest BCUT2D eigenvalue weighted by molar-refractivity contribution is 0.237. The Hall–Kier alpha value is 0. The highest BCUT2D eigenvalue weighted by molar-refractivity contribution is 4.72. The van der Waals surface area contributed by atoms with Gasteiger partial charge in [0.25, 0.3) is 0 Å². The van der Waals surface area contributed by atoms with Gasteiger partial charge in [-0.25, -0.2) is 0 Å². The largest absolute Gasteiger partial charge is 0.0651 e. The van der Waals surface area contributed by atoms with E-state index in [0.29, 0.717) is 0 Å². The van der Waals surface area contributed by atoms with Crippen molar-refractivity contribution in [2.24, 2.45) is 17.8 Å². The quantitative estimate of drug-likeness (QED) is 0.575. The summed E-state index contributed by atoms with van der Waals surface area (Å²) in [4.78, 5) is 0. The SMILES string of the molecule is CCC(C)CC(C)CC1CCC1. The Morgan fingerprint density at radius 1 is 1.17 bits per heavy atom. The van der Waals surface area contributed by atoms with Gasteiger partial charge < -0.3 is 0 Å². The number of rotatable bonds is 5. The van der Waals surface area contributed by atoms with Gasteiger partial charge in [-0.05, 0) is 30.6 Å². The molecule has 12 heavy (non-hydrogen) atoms. The van der Waals surface area contributed by atoms with Gasteiger partial charge in [0.2, 0.25) is 0 Å². The van der Waals surface area contributed by atoms with E-state index < -0.39 is 0 Å². The highest BCUT2D eigenvalue weighted by Gasteiger charge is 2.20. The van der Waals surface area contributed by atoms with Gasteiger partial charge in [-0.3, -0.25) is 0 Å². The molecular weight excluding hydrogens is 144 g/mol. The lowest BCUT2D eigenvalue weighted by atomic mass is 9.77. The second-order valence-electron chi connectivity index (χ2n) is 4.89. The Kier molecular flexibility index (Phi) is 4.11. The zero-order valence-electron chi connectivity index (χ0n) is 8.97. The maximum Gasteiger partial charge on any atom is -0.0412 e. The van der Waals surface area contributed by atoms with E-state index in [1.54, 1.807) is 0 Å². The molecule has 0 nitrogen and oxygen atoms in total. The molecule has 0 heteroatoms. The van der Waals surface area contributed by atoms with E-state index in [-0.39, 0.29) is 0 Å². The summed E-state index contributed by atoms with van der Waals surface area (Å²) < 4.78 is 0. The summed E-state index contributed by atoms with van der Waals surface area (Å²) in [5.74, 6) is 3.02. The normalized spacial score (nSPS) is 23.2. The molecule has 0 bridgehead atoms. The van der Waals surface area contributed by atoms with Gasteiger partial charge in [0, 0.05) is 0 Å². The average molecular weight is 168 g/mol. The molecule has 0 amide bonds. The molecule has 0 aromatic heterocycles. The van der Waals surface area contributed by atoms with Crippen LogP contribution in [0, 0.1) is 17.8 Å². The van der Waals surface area contributed by atoms with Gasteiger partial charge in [-0.1, -0.05) is 46.5 Å². The number of hydrogen-bond donors (Lipinski definition) is 0. The van der Waals surface area contributed by atoms with Crippen LogP contribution in [0.5, 0.6) is 0 Å². The smallest absolute Gasteiger partial charge is 0.0412 e. The third kappa shape index (κ3) is 3.16. The molecule has 1 fully saturated rings. The molecule has 0 radical (unpaired) electrons. The zero-order valence-corrected chi connectivity index (χ0v) is 8.97. The third-order valence-corrected chi connectivity index (χ3v) is 3.46. The van der Waals surface area contributed by atoms with Crippen LogP contribution in [-0.2, 0) is 0 Å². The summed E-state index contributed by atoms with van der Waals surface area (Å²) in [5, 5.41) is 0. The van der Waals surface area contributed by atoms with Crippen LogP contribution >= 0.6 is 0 Å². The third-order valence-electron chi connectivity index (χ3n) is 3.46. The lowest BCUT2D eigenvalue weighted by Gasteiger charge is -2.29. The average Bonchev–Trinajstić information content (AvgIpc) is 1.97. The van der Waals surface area contributed by atoms with Crippen molar-refractivity contribution >= 4 is 0 Å². The monoisotopic (exact) mass is 168 g/mol. The summed E-state index contributed by atoms with van der Waals surface area (Å²) in [7, 11) is 0. The molecule has 2 atom stereocenters. The van der Waals surface area contributed by atoms with Crippen LogP contribution in [0.4, 0.5) is 0 Å². The molecule has 1 saturated carbocycles. The topological polar surface area (TPSA) is 0 Å². The Morgan fingerprint density at radius 3 is 2.25 bits per heavy atom. The van der Waals surface area contributed by atoms with Crippen molar-refractivity contribution < 1.29 is 0 Å². The molecule has 0 saturated heterocycles. The van der Waals surface area contributed by atoms with Crippen molar-refractivity contribution in [1.29, 1.82) is 0 Å². The Labute approximate surface area is 77.7 Å². The molecule has 0 aliphatic heterocycles. The number of hydrogen-bond acceptors (Lipinski definition) is 0. The molecule has 1 aliphatic rings. The van der Waals surface area contributed by atoms with E-state index in [0.717, 1.165) is 17.8 Å². The minimum absolute atomic E-state index is 0.945. The molecule has 2 unspecified atom stereocenters. The van der Waals surface area contributed by atoms with E-state index in [2.05, 4.69) is 20.8 Å². The van der Waals surface area contributed by atoms with Gasteiger partial charge in [0.1, 0.15) is 0 Å². The van der Waals surface area contributed by atoms with Crippen LogP contribution in [0.15, 0.2) is 0 Å². The first-order chi connectivity index (χ1) is 5.72. The van der Waals surface area contributed by atoms with Gasteiger partial charge >= 0.3 is 0 Å². The van der Waals surface area contributed by atoms with Crippen LogP contribution in [0.1, 0.15) is 59.3 Å². The van der Waals surface area contributed by atoms with Crippen LogP contribution in [0.3, 0.4) is 0 Å². The summed E-state index contributed by atoms with van der Waals surface area (Å²) in [6.45, 7) is 7.13. The molecule has 0 spiro atoms. The minimum atomic E-state index is 0.945. The van der Waals surface area contributed by atoms with Crippen molar-refractivity contribution in [1.82, 2.24) is 0 Å². The molecule has 1 rings (SSSR count). The Morgan fingerprint density at radius 2 is 1.83 bits per heavy atom. The first-order valence-corrected chi connectivity index (χ1v) is 5.72. The van der Waals surface area contributed by atoms with Crippen molar-refractivity contribution in [2.75, 3.05) is 0 Å². The fourth-order valence-electron chi connectivity index (χ4n) is 2.25. The van der Waals surface area contributed by atoms with Gasteiger partial charge in [-0.2, -0.15) is 0 Å². The first kappa shape index (κ1) is 10.1. The van der Waals surface area contributed by atoms with Crippen molar-refractivity contribution in [3.63, 3.8) is 0 Å². The predicted molar refractivity (Wildman–Crippen MR) is 55.2 cm³/mol.